The lowest BCUT2D eigenvalue weighted by Gasteiger charge is -2.25. The van der Waals surface area contributed by atoms with Crippen molar-refractivity contribution in [1.29, 1.82) is 0 Å². The van der Waals surface area contributed by atoms with Crippen LogP contribution in [0.1, 0.15) is 18.9 Å². The molecular formula is C20H27N3O7S2. The summed E-state index contributed by atoms with van der Waals surface area (Å²) in [5.41, 5.74) is 2.75. The van der Waals surface area contributed by atoms with Crippen molar-refractivity contribution in [2.45, 2.75) is 36.5 Å². The summed E-state index contributed by atoms with van der Waals surface area (Å²) < 4.78 is 49.5. The maximum absolute atomic E-state index is 12.7. The topological polar surface area (TPSA) is 143 Å². The van der Waals surface area contributed by atoms with E-state index in [1.54, 1.807) is 19.1 Å². The average molecular weight is 486 g/mol. The molecular weight excluding hydrogens is 458 g/mol. The number of amides is 1. The SMILES string of the molecule is Cc1ccc(S(=O)(=O)N(C)C)cc1-c1ccn(CCC(C)(C(=O)NO)S(C)(=O)=O)c(=O)c1. The first-order valence-electron chi connectivity index (χ1n) is 9.53. The molecule has 176 valence electrons. The number of sulfonamides is 1. The first-order chi connectivity index (χ1) is 14.6. The Morgan fingerprint density at radius 3 is 2.28 bits per heavy atom. The number of nitrogens with one attached hydrogen (secondary N) is 1. The van der Waals surface area contributed by atoms with Crippen LogP contribution in [0.4, 0.5) is 0 Å². The monoisotopic (exact) mass is 485 g/mol. The fourth-order valence-corrected chi connectivity index (χ4v) is 4.84. The van der Waals surface area contributed by atoms with Crippen LogP contribution in [0.2, 0.25) is 0 Å². The van der Waals surface area contributed by atoms with E-state index in [1.807, 2.05) is 0 Å². The quantitative estimate of drug-likeness (QED) is 0.415. The molecule has 12 heteroatoms. The molecule has 1 atom stereocenters. The molecule has 0 aliphatic carbocycles. The number of aryl methyl sites for hydroxylation is 2. The summed E-state index contributed by atoms with van der Waals surface area (Å²) in [6.45, 7) is 2.87. The number of hydroxylamine groups is 1. The van der Waals surface area contributed by atoms with Gasteiger partial charge in [0.15, 0.2) is 14.6 Å². The normalized spacial score (nSPS) is 14.2. The van der Waals surface area contributed by atoms with Gasteiger partial charge in [0, 0.05) is 39.2 Å². The predicted molar refractivity (Wildman–Crippen MR) is 120 cm³/mol. The van der Waals surface area contributed by atoms with Gasteiger partial charge >= 0.3 is 0 Å². The summed E-state index contributed by atoms with van der Waals surface area (Å²) in [6, 6.07) is 7.57. The number of benzene rings is 1. The van der Waals surface area contributed by atoms with Gasteiger partial charge in [0.1, 0.15) is 0 Å². The number of pyridine rings is 1. The Labute approximate surface area is 187 Å². The molecule has 32 heavy (non-hydrogen) atoms. The summed E-state index contributed by atoms with van der Waals surface area (Å²) in [7, 11) is -4.69. The summed E-state index contributed by atoms with van der Waals surface area (Å²) >= 11 is 0. The molecule has 0 fully saturated rings. The number of aromatic nitrogens is 1. The second-order valence-corrected chi connectivity index (χ2v) is 12.5. The van der Waals surface area contributed by atoms with E-state index < -0.39 is 36.1 Å². The van der Waals surface area contributed by atoms with Crippen molar-refractivity contribution in [3.05, 3.63) is 52.4 Å². The van der Waals surface area contributed by atoms with Crippen molar-refractivity contribution >= 4 is 25.8 Å². The third-order valence-electron chi connectivity index (χ3n) is 5.52. The number of sulfone groups is 1. The minimum absolute atomic E-state index is 0.0891. The van der Waals surface area contributed by atoms with E-state index in [-0.39, 0.29) is 17.9 Å². The van der Waals surface area contributed by atoms with Crippen molar-refractivity contribution in [3.8, 4) is 11.1 Å². The highest BCUT2D eigenvalue weighted by Crippen LogP contribution is 2.27. The van der Waals surface area contributed by atoms with Gasteiger partial charge in [-0.15, -0.1) is 0 Å². The number of carbonyl (C=O) groups is 1. The second kappa shape index (κ2) is 9.14. The highest BCUT2D eigenvalue weighted by Gasteiger charge is 2.43. The molecule has 0 bridgehead atoms. The Kier molecular flexibility index (Phi) is 7.34. The van der Waals surface area contributed by atoms with Crippen LogP contribution in [0, 0.1) is 6.92 Å². The van der Waals surface area contributed by atoms with Crippen molar-refractivity contribution in [3.63, 3.8) is 0 Å². The molecule has 0 aliphatic rings. The van der Waals surface area contributed by atoms with Crippen LogP contribution in [0.3, 0.4) is 0 Å². The van der Waals surface area contributed by atoms with Gasteiger partial charge in [0.2, 0.25) is 10.0 Å². The zero-order chi connectivity index (χ0) is 24.5. The molecule has 2 rings (SSSR count). The molecule has 0 radical (unpaired) electrons. The molecule has 1 amide bonds. The fraction of sp³-hybridized carbons (Fsp3) is 0.400. The molecule has 1 aromatic heterocycles. The van der Waals surface area contributed by atoms with Gasteiger partial charge in [-0.25, -0.2) is 26.6 Å². The number of nitrogens with zero attached hydrogens (tertiary/aromatic N) is 2. The van der Waals surface area contributed by atoms with E-state index in [9.17, 15) is 26.4 Å². The molecule has 0 aliphatic heterocycles. The van der Waals surface area contributed by atoms with Crippen LogP contribution < -0.4 is 11.0 Å². The van der Waals surface area contributed by atoms with Crippen LogP contribution in [0.15, 0.2) is 46.2 Å². The van der Waals surface area contributed by atoms with Gasteiger partial charge in [-0.1, -0.05) is 6.07 Å². The van der Waals surface area contributed by atoms with Gasteiger partial charge in [-0.3, -0.25) is 14.8 Å². The molecule has 1 aromatic carbocycles. The molecule has 0 saturated carbocycles. The summed E-state index contributed by atoms with van der Waals surface area (Å²) in [6.07, 6.45) is 2.09. The molecule has 1 heterocycles. The highest BCUT2D eigenvalue weighted by atomic mass is 32.2. The van der Waals surface area contributed by atoms with Crippen molar-refractivity contribution in [2.75, 3.05) is 20.4 Å². The number of rotatable bonds is 8. The summed E-state index contributed by atoms with van der Waals surface area (Å²) in [5.74, 6) is -1.08. The fourth-order valence-electron chi connectivity index (χ4n) is 3.06. The maximum atomic E-state index is 12.7. The molecule has 0 saturated heterocycles. The van der Waals surface area contributed by atoms with Gasteiger partial charge in [-0.2, -0.15) is 0 Å². The van der Waals surface area contributed by atoms with E-state index >= 15 is 0 Å². The third kappa shape index (κ3) is 4.93. The predicted octanol–water partition coefficient (Wildman–Crippen LogP) is 0.773. The van der Waals surface area contributed by atoms with Gasteiger partial charge in [0.05, 0.1) is 4.90 Å². The lowest BCUT2D eigenvalue weighted by atomic mass is 10.0. The first-order valence-corrected chi connectivity index (χ1v) is 12.9. The van der Waals surface area contributed by atoms with Crippen LogP contribution in [-0.2, 0) is 31.2 Å². The number of carbonyl (C=O) groups excluding carboxylic acids is 1. The Morgan fingerprint density at radius 1 is 1.16 bits per heavy atom. The standard InChI is InChI=1S/C20H27N3O7S2/c1-14-6-7-16(32(29,30)22(3)4)13-17(14)15-8-10-23(18(24)12-15)11-9-20(2,19(25)21-26)31(5,27)28/h6-8,10,12-13,26H,9,11H2,1-5H3,(H,21,25). The van der Waals surface area contributed by atoms with E-state index in [0.29, 0.717) is 11.1 Å². The van der Waals surface area contributed by atoms with Crippen molar-refractivity contribution in [1.82, 2.24) is 14.4 Å². The minimum Gasteiger partial charge on any atom is -0.315 e. The Hall–Kier alpha value is -2.54. The Bertz CT molecular complexity index is 1300. The largest absolute Gasteiger partial charge is 0.315 e. The molecule has 0 spiro atoms. The number of hydrogen-bond acceptors (Lipinski definition) is 7. The van der Waals surface area contributed by atoms with Crippen LogP contribution >= 0.6 is 0 Å². The molecule has 2 aromatic rings. The lowest BCUT2D eigenvalue weighted by molar-refractivity contribution is -0.131. The summed E-state index contributed by atoms with van der Waals surface area (Å²) in [5, 5.41) is 8.91. The lowest BCUT2D eigenvalue weighted by Crippen LogP contribution is -2.49. The zero-order valence-electron chi connectivity index (χ0n) is 18.5. The van der Waals surface area contributed by atoms with Crippen LogP contribution in [0.5, 0.6) is 0 Å². The average Bonchev–Trinajstić information content (AvgIpc) is 2.71. The second-order valence-electron chi connectivity index (χ2n) is 7.91. The molecule has 1 unspecified atom stereocenters. The maximum Gasteiger partial charge on any atom is 0.264 e. The third-order valence-corrected chi connectivity index (χ3v) is 9.36. The van der Waals surface area contributed by atoms with Gasteiger partial charge in [-0.05, 0) is 55.2 Å². The van der Waals surface area contributed by atoms with Gasteiger partial charge in [0.25, 0.3) is 11.5 Å². The van der Waals surface area contributed by atoms with Crippen molar-refractivity contribution < 1.29 is 26.8 Å². The van der Waals surface area contributed by atoms with Crippen molar-refractivity contribution in [2.24, 2.45) is 0 Å². The van der Waals surface area contributed by atoms with Crippen LogP contribution in [0.25, 0.3) is 11.1 Å². The summed E-state index contributed by atoms with van der Waals surface area (Å²) in [4.78, 5) is 24.7. The highest BCUT2D eigenvalue weighted by molar-refractivity contribution is 7.92. The first kappa shape index (κ1) is 25.7. The van der Waals surface area contributed by atoms with E-state index in [0.717, 1.165) is 16.1 Å². The molecule has 2 N–H and O–H groups in total. The zero-order valence-corrected chi connectivity index (χ0v) is 20.1. The number of hydrogen-bond donors (Lipinski definition) is 2. The van der Waals surface area contributed by atoms with E-state index in [4.69, 9.17) is 5.21 Å². The smallest absolute Gasteiger partial charge is 0.264 e. The van der Waals surface area contributed by atoms with E-state index in [1.165, 1.54) is 55.5 Å². The minimum atomic E-state index is -3.89. The molecule has 10 nitrogen and oxygen atoms in total. The Morgan fingerprint density at radius 2 is 1.78 bits per heavy atom. The van der Waals surface area contributed by atoms with E-state index in [2.05, 4.69) is 0 Å². The Balaban J connectivity index is 2.42. The van der Waals surface area contributed by atoms with Gasteiger partial charge < -0.3 is 4.57 Å². The van der Waals surface area contributed by atoms with Crippen LogP contribution in [-0.4, -0.2) is 61.9 Å².